The van der Waals surface area contributed by atoms with Crippen LogP contribution >= 0.6 is 0 Å². The minimum atomic E-state index is -0.254. The van der Waals surface area contributed by atoms with Gasteiger partial charge in [-0.05, 0) is 50.4 Å². The van der Waals surface area contributed by atoms with Crippen molar-refractivity contribution in [3.8, 4) is 0 Å². The lowest BCUT2D eigenvalue weighted by atomic mass is 9.94. The van der Waals surface area contributed by atoms with Gasteiger partial charge in [0.1, 0.15) is 5.82 Å². The van der Waals surface area contributed by atoms with E-state index >= 15 is 0 Å². The minimum absolute atomic E-state index is 0.165. The topological polar surface area (TPSA) is 26.8 Å². The fourth-order valence-electron chi connectivity index (χ4n) is 4.03. The summed E-state index contributed by atoms with van der Waals surface area (Å²) in [6.07, 6.45) is 2.56. The molecule has 1 unspecified atom stereocenters. The molecule has 1 amide bonds. The first-order valence-corrected chi connectivity index (χ1v) is 9.46. The van der Waals surface area contributed by atoms with Gasteiger partial charge in [0, 0.05) is 45.3 Å². The third-order valence-electron chi connectivity index (χ3n) is 5.70. The average molecular weight is 347 g/mol. The van der Waals surface area contributed by atoms with Crippen LogP contribution in [-0.2, 0) is 11.2 Å². The van der Waals surface area contributed by atoms with Crippen molar-refractivity contribution in [2.45, 2.75) is 32.2 Å². The van der Waals surface area contributed by atoms with Crippen LogP contribution in [0.5, 0.6) is 0 Å². The van der Waals surface area contributed by atoms with Crippen molar-refractivity contribution in [2.75, 3.05) is 46.3 Å². The van der Waals surface area contributed by atoms with Crippen LogP contribution in [0.25, 0.3) is 0 Å². The van der Waals surface area contributed by atoms with E-state index in [1.54, 1.807) is 12.1 Å². The van der Waals surface area contributed by atoms with E-state index in [0.29, 0.717) is 18.4 Å². The number of hydrogen-bond acceptors (Lipinski definition) is 3. The van der Waals surface area contributed by atoms with E-state index in [-0.39, 0.29) is 11.7 Å². The third-order valence-corrected chi connectivity index (χ3v) is 5.70. The number of likely N-dealkylation sites (tertiary alicyclic amines) is 1. The van der Waals surface area contributed by atoms with Crippen molar-refractivity contribution >= 4 is 5.91 Å². The quantitative estimate of drug-likeness (QED) is 0.836. The molecule has 2 aliphatic heterocycles. The summed E-state index contributed by atoms with van der Waals surface area (Å²) < 4.78 is 13.0. The van der Waals surface area contributed by atoms with Gasteiger partial charge in [-0.1, -0.05) is 12.1 Å². The SMILES string of the molecule is CC1CN(C)CCN1CC1CCN(C(=O)Cc2ccc(F)cc2)CC1. The Morgan fingerprint density at radius 3 is 2.44 bits per heavy atom. The van der Waals surface area contributed by atoms with E-state index < -0.39 is 0 Å². The zero-order chi connectivity index (χ0) is 17.8. The molecular formula is C20H30FN3O. The molecule has 1 aromatic carbocycles. The molecule has 5 heteroatoms. The van der Waals surface area contributed by atoms with Gasteiger partial charge < -0.3 is 9.80 Å². The molecule has 2 saturated heterocycles. The number of carbonyl (C=O) groups is 1. The van der Waals surface area contributed by atoms with Gasteiger partial charge in [0.2, 0.25) is 5.91 Å². The molecule has 1 atom stereocenters. The van der Waals surface area contributed by atoms with Gasteiger partial charge in [-0.2, -0.15) is 0 Å². The number of benzene rings is 1. The maximum atomic E-state index is 13.0. The van der Waals surface area contributed by atoms with Crippen molar-refractivity contribution in [3.63, 3.8) is 0 Å². The zero-order valence-electron chi connectivity index (χ0n) is 15.5. The molecular weight excluding hydrogens is 317 g/mol. The molecule has 0 aromatic heterocycles. The summed E-state index contributed by atoms with van der Waals surface area (Å²) in [6.45, 7) is 8.64. The Morgan fingerprint density at radius 2 is 1.80 bits per heavy atom. The number of halogens is 1. The van der Waals surface area contributed by atoms with Crippen molar-refractivity contribution < 1.29 is 9.18 Å². The Hall–Kier alpha value is -1.46. The van der Waals surface area contributed by atoms with Gasteiger partial charge in [-0.15, -0.1) is 0 Å². The summed E-state index contributed by atoms with van der Waals surface area (Å²) >= 11 is 0. The maximum absolute atomic E-state index is 13.0. The lowest BCUT2D eigenvalue weighted by molar-refractivity contribution is -0.132. The second-order valence-corrected chi connectivity index (χ2v) is 7.73. The second-order valence-electron chi connectivity index (χ2n) is 7.73. The Kier molecular flexibility index (Phi) is 6.07. The van der Waals surface area contributed by atoms with Gasteiger partial charge in [-0.25, -0.2) is 4.39 Å². The van der Waals surface area contributed by atoms with Crippen LogP contribution in [0.4, 0.5) is 4.39 Å². The molecule has 2 aliphatic rings. The highest BCUT2D eigenvalue weighted by Gasteiger charge is 2.27. The molecule has 138 valence electrons. The molecule has 2 fully saturated rings. The summed E-state index contributed by atoms with van der Waals surface area (Å²) in [5.41, 5.74) is 0.889. The number of carbonyl (C=O) groups excluding carboxylic acids is 1. The molecule has 3 rings (SSSR count). The normalized spacial score (nSPS) is 23.8. The fraction of sp³-hybridized carbons (Fsp3) is 0.650. The molecule has 0 radical (unpaired) electrons. The van der Waals surface area contributed by atoms with Crippen LogP contribution < -0.4 is 0 Å². The van der Waals surface area contributed by atoms with Crippen molar-refractivity contribution in [2.24, 2.45) is 5.92 Å². The molecule has 0 saturated carbocycles. The van der Waals surface area contributed by atoms with E-state index in [1.165, 1.54) is 12.1 Å². The second kappa shape index (κ2) is 8.28. The van der Waals surface area contributed by atoms with Gasteiger partial charge in [-0.3, -0.25) is 9.69 Å². The van der Waals surface area contributed by atoms with Gasteiger partial charge >= 0.3 is 0 Å². The lowest BCUT2D eigenvalue weighted by Gasteiger charge is -2.41. The van der Waals surface area contributed by atoms with Gasteiger partial charge in [0.15, 0.2) is 0 Å². The standard InChI is InChI=1S/C20H30FN3O/c1-16-14-22(2)11-12-24(16)15-18-7-9-23(10-8-18)20(25)13-17-3-5-19(21)6-4-17/h3-6,16,18H,7-15H2,1-2H3. The molecule has 0 bridgehead atoms. The first-order valence-electron chi connectivity index (χ1n) is 9.46. The van der Waals surface area contributed by atoms with Gasteiger partial charge in [0.25, 0.3) is 0 Å². The number of piperidine rings is 1. The maximum Gasteiger partial charge on any atom is 0.226 e. The highest BCUT2D eigenvalue weighted by Crippen LogP contribution is 2.21. The molecule has 0 N–H and O–H groups in total. The van der Waals surface area contributed by atoms with E-state index in [1.807, 2.05) is 4.90 Å². The number of likely N-dealkylation sites (N-methyl/N-ethyl adjacent to an activating group) is 1. The van der Waals surface area contributed by atoms with E-state index in [2.05, 4.69) is 23.8 Å². The predicted octanol–water partition coefficient (Wildman–Crippen LogP) is 2.24. The summed E-state index contributed by atoms with van der Waals surface area (Å²) in [4.78, 5) is 19.4. The van der Waals surface area contributed by atoms with Crippen LogP contribution in [-0.4, -0.2) is 73.0 Å². The average Bonchev–Trinajstić information content (AvgIpc) is 2.60. The summed E-state index contributed by atoms with van der Waals surface area (Å²) in [6, 6.07) is 6.87. The number of rotatable bonds is 4. The summed E-state index contributed by atoms with van der Waals surface area (Å²) in [5.74, 6) is 0.605. The largest absolute Gasteiger partial charge is 0.342 e. The third kappa shape index (κ3) is 5.02. The Morgan fingerprint density at radius 1 is 1.12 bits per heavy atom. The van der Waals surface area contributed by atoms with Crippen LogP contribution in [0.2, 0.25) is 0 Å². The highest BCUT2D eigenvalue weighted by atomic mass is 19.1. The molecule has 25 heavy (non-hydrogen) atoms. The van der Waals surface area contributed by atoms with Gasteiger partial charge in [0.05, 0.1) is 6.42 Å². The Balaban J connectivity index is 1.43. The number of amides is 1. The smallest absolute Gasteiger partial charge is 0.226 e. The highest BCUT2D eigenvalue weighted by molar-refractivity contribution is 5.78. The van der Waals surface area contributed by atoms with Crippen LogP contribution in [0.15, 0.2) is 24.3 Å². The minimum Gasteiger partial charge on any atom is -0.342 e. The van der Waals surface area contributed by atoms with Crippen molar-refractivity contribution in [1.29, 1.82) is 0 Å². The Labute approximate surface area is 150 Å². The van der Waals surface area contributed by atoms with Crippen LogP contribution in [0.1, 0.15) is 25.3 Å². The molecule has 0 aliphatic carbocycles. The van der Waals surface area contributed by atoms with E-state index in [9.17, 15) is 9.18 Å². The van der Waals surface area contributed by atoms with Crippen LogP contribution in [0, 0.1) is 11.7 Å². The van der Waals surface area contributed by atoms with E-state index in [4.69, 9.17) is 0 Å². The number of hydrogen-bond donors (Lipinski definition) is 0. The van der Waals surface area contributed by atoms with Crippen molar-refractivity contribution in [1.82, 2.24) is 14.7 Å². The number of piperazine rings is 1. The number of nitrogens with zero attached hydrogens (tertiary/aromatic N) is 3. The zero-order valence-corrected chi connectivity index (χ0v) is 15.5. The van der Waals surface area contributed by atoms with E-state index in [0.717, 1.165) is 57.7 Å². The summed E-state index contributed by atoms with van der Waals surface area (Å²) in [5, 5.41) is 0. The first kappa shape index (κ1) is 18.3. The fourth-order valence-corrected chi connectivity index (χ4v) is 4.03. The first-order chi connectivity index (χ1) is 12.0. The monoisotopic (exact) mass is 347 g/mol. The van der Waals surface area contributed by atoms with Crippen molar-refractivity contribution in [3.05, 3.63) is 35.6 Å². The lowest BCUT2D eigenvalue weighted by Crippen LogP contribution is -2.52. The molecule has 0 spiro atoms. The molecule has 1 aromatic rings. The predicted molar refractivity (Wildman–Crippen MR) is 97.9 cm³/mol. The molecule has 4 nitrogen and oxygen atoms in total. The summed E-state index contributed by atoms with van der Waals surface area (Å²) in [7, 11) is 2.19. The van der Waals surface area contributed by atoms with Crippen LogP contribution in [0.3, 0.4) is 0 Å². The molecule has 2 heterocycles. The Bertz CT molecular complexity index is 569.